The number of guanidine groups is 1. The average molecular weight is 402 g/mol. The molecule has 9 heteroatoms. The summed E-state index contributed by atoms with van der Waals surface area (Å²) in [5.41, 5.74) is 1.18. The van der Waals surface area contributed by atoms with Crippen LogP contribution < -0.4 is 10.6 Å². The highest BCUT2D eigenvalue weighted by atomic mass is 16.5. The first kappa shape index (κ1) is 21.2. The molecule has 0 aliphatic carbocycles. The highest BCUT2D eigenvalue weighted by molar-refractivity contribution is 5.79. The van der Waals surface area contributed by atoms with Gasteiger partial charge in [-0.2, -0.15) is 5.10 Å². The number of nitrogens with zero attached hydrogens (tertiary/aromatic N) is 4. The van der Waals surface area contributed by atoms with Crippen LogP contribution in [-0.2, 0) is 11.3 Å². The number of hydrogen-bond acceptors (Lipinski definition) is 6. The van der Waals surface area contributed by atoms with Crippen molar-refractivity contribution in [3.63, 3.8) is 0 Å². The third-order valence-electron chi connectivity index (χ3n) is 4.68. The normalized spacial score (nSPS) is 17.7. The van der Waals surface area contributed by atoms with Gasteiger partial charge in [0.25, 0.3) is 0 Å². The van der Waals surface area contributed by atoms with Crippen LogP contribution in [0.2, 0.25) is 0 Å². The molecular weight excluding hydrogens is 370 g/mol. The van der Waals surface area contributed by atoms with E-state index in [0.717, 1.165) is 49.8 Å². The Balaban J connectivity index is 1.57. The molecule has 0 bridgehead atoms. The molecule has 2 heterocycles. The molecule has 0 radical (unpaired) electrons. The zero-order valence-corrected chi connectivity index (χ0v) is 17.2. The minimum absolute atomic E-state index is 0.411. The van der Waals surface area contributed by atoms with E-state index in [-0.39, 0.29) is 0 Å². The SMILES string of the molecule is CCNC(=NCc1cccc(-c2ncn[nH]2)c1)NCC(C)(O)CN1CCOCC1. The molecule has 0 saturated carbocycles. The Morgan fingerprint density at radius 2 is 2.17 bits per heavy atom. The van der Waals surface area contributed by atoms with Gasteiger partial charge in [0.15, 0.2) is 11.8 Å². The molecule has 0 amide bonds. The molecule has 4 N–H and O–H groups in total. The van der Waals surface area contributed by atoms with Gasteiger partial charge in [0.2, 0.25) is 0 Å². The number of benzene rings is 1. The Kier molecular flexibility index (Phi) is 7.56. The van der Waals surface area contributed by atoms with Crippen molar-refractivity contribution in [2.45, 2.75) is 26.0 Å². The van der Waals surface area contributed by atoms with E-state index in [2.05, 4.69) is 35.7 Å². The van der Waals surface area contributed by atoms with Crippen LogP contribution in [0, 0.1) is 0 Å². The summed E-state index contributed by atoms with van der Waals surface area (Å²) in [6.07, 6.45) is 1.50. The molecule has 1 saturated heterocycles. The number of nitrogens with one attached hydrogen (secondary N) is 3. The number of aromatic amines is 1. The maximum absolute atomic E-state index is 10.8. The van der Waals surface area contributed by atoms with E-state index in [9.17, 15) is 5.11 Å². The zero-order valence-electron chi connectivity index (χ0n) is 17.2. The number of rotatable bonds is 8. The fourth-order valence-corrected chi connectivity index (χ4v) is 3.24. The van der Waals surface area contributed by atoms with Crippen LogP contribution in [0.25, 0.3) is 11.4 Å². The van der Waals surface area contributed by atoms with Gasteiger partial charge in [-0.3, -0.25) is 10.00 Å². The van der Waals surface area contributed by atoms with Crippen molar-refractivity contribution in [3.05, 3.63) is 36.2 Å². The predicted molar refractivity (Wildman–Crippen MR) is 113 cm³/mol. The maximum atomic E-state index is 10.8. The van der Waals surface area contributed by atoms with Crippen molar-refractivity contribution in [1.82, 2.24) is 30.7 Å². The largest absolute Gasteiger partial charge is 0.387 e. The lowest BCUT2D eigenvalue weighted by Gasteiger charge is -2.34. The maximum Gasteiger partial charge on any atom is 0.191 e. The summed E-state index contributed by atoms with van der Waals surface area (Å²) in [5.74, 6) is 1.42. The molecular formula is C20H31N7O2. The molecule has 9 nitrogen and oxygen atoms in total. The van der Waals surface area contributed by atoms with Crippen molar-refractivity contribution in [1.29, 1.82) is 0 Å². The first-order valence-electron chi connectivity index (χ1n) is 10.0. The van der Waals surface area contributed by atoms with Gasteiger partial charge in [0.1, 0.15) is 6.33 Å². The Hall–Kier alpha value is -2.49. The van der Waals surface area contributed by atoms with Crippen LogP contribution in [0.5, 0.6) is 0 Å². The van der Waals surface area contributed by atoms with Crippen molar-refractivity contribution >= 4 is 5.96 Å². The minimum atomic E-state index is -0.861. The number of H-pyrrole nitrogens is 1. The second kappa shape index (κ2) is 10.3. The van der Waals surface area contributed by atoms with E-state index in [0.29, 0.717) is 25.6 Å². The fraction of sp³-hybridized carbons (Fsp3) is 0.550. The van der Waals surface area contributed by atoms with Gasteiger partial charge in [0, 0.05) is 38.3 Å². The summed E-state index contributed by atoms with van der Waals surface area (Å²) in [6, 6.07) is 8.04. The van der Waals surface area contributed by atoms with Crippen LogP contribution in [0.3, 0.4) is 0 Å². The Labute approximate surface area is 171 Å². The molecule has 1 unspecified atom stereocenters. The highest BCUT2D eigenvalue weighted by Gasteiger charge is 2.25. The second-order valence-electron chi connectivity index (χ2n) is 7.47. The van der Waals surface area contributed by atoms with Gasteiger partial charge < -0.3 is 20.5 Å². The van der Waals surface area contributed by atoms with Gasteiger partial charge in [0.05, 0.1) is 25.4 Å². The van der Waals surface area contributed by atoms with Crippen LogP contribution in [0.1, 0.15) is 19.4 Å². The van der Waals surface area contributed by atoms with Crippen LogP contribution in [0.4, 0.5) is 0 Å². The van der Waals surface area contributed by atoms with Gasteiger partial charge in [-0.25, -0.2) is 9.98 Å². The van der Waals surface area contributed by atoms with Crippen LogP contribution in [-0.4, -0.2) is 82.7 Å². The standard InChI is InChI=1S/C20H31N7O2/c1-3-21-19(23-13-20(2,28)14-27-7-9-29-10-8-27)22-12-16-5-4-6-17(11-16)18-24-15-25-26-18/h4-6,11,15,28H,3,7-10,12-14H2,1-2H3,(H2,21,22,23)(H,24,25,26). The molecule has 0 spiro atoms. The van der Waals surface area contributed by atoms with Gasteiger partial charge in [-0.15, -0.1) is 0 Å². The molecule has 1 fully saturated rings. The third kappa shape index (κ3) is 6.81. The van der Waals surface area contributed by atoms with E-state index in [1.54, 1.807) is 0 Å². The molecule has 2 aromatic rings. The summed E-state index contributed by atoms with van der Waals surface area (Å²) in [4.78, 5) is 11.1. The molecule has 1 aromatic carbocycles. The summed E-state index contributed by atoms with van der Waals surface area (Å²) in [6.45, 7) is 9.29. The summed E-state index contributed by atoms with van der Waals surface area (Å²) < 4.78 is 5.37. The van der Waals surface area contributed by atoms with Crippen molar-refractivity contribution in [2.75, 3.05) is 45.9 Å². The van der Waals surface area contributed by atoms with Crippen molar-refractivity contribution in [2.24, 2.45) is 4.99 Å². The molecule has 1 atom stereocenters. The highest BCUT2D eigenvalue weighted by Crippen LogP contribution is 2.16. The molecule has 29 heavy (non-hydrogen) atoms. The van der Waals surface area contributed by atoms with E-state index >= 15 is 0 Å². The van der Waals surface area contributed by atoms with Crippen molar-refractivity contribution < 1.29 is 9.84 Å². The van der Waals surface area contributed by atoms with E-state index in [1.165, 1.54) is 6.33 Å². The Morgan fingerprint density at radius 3 is 2.90 bits per heavy atom. The molecule has 3 rings (SSSR count). The number of hydrogen-bond donors (Lipinski definition) is 4. The lowest BCUT2D eigenvalue weighted by Crippen LogP contribution is -2.52. The van der Waals surface area contributed by atoms with Gasteiger partial charge in [-0.05, 0) is 25.5 Å². The number of aromatic nitrogens is 3. The third-order valence-corrected chi connectivity index (χ3v) is 4.68. The second-order valence-corrected chi connectivity index (χ2v) is 7.47. The lowest BCUT2D eigenvalue weighted by molar-refractivity contribution is -0.0201. The Morgan fingerprint density at radius 1 is 1.34 bits per heavy atom. The number of aliphatic hydroxyl groups is 1. The minimum Gasteiger partial charge on any atom is -0.387 e. The average Bonchev–Trinajstić information content (AvgIpc) is 3.26. The molecule has 1 aliphatic heterocycles. The summed E-state index contributed by atoms with van der Waals surface area (Å²) in [7, 11) is 0. The van der Waals surface area contributed by atoms with Crippen LogP contribution >= 0.6 is 0 Å². The fourth-order valence-electron chi connectivity index (χ4n) is 3.24. The number of β-amino-alcohol motifs (C(OH)–C–C–N with tert-alkyl or cyclic N) is 1. The van der Waals surface area contributed by atoms with E-state index in [4.69, 9.17) is 4.74 Å². The monoisotopic (exact) mass is 401 g/mol. The molecule has 158 valence electrons. The van der Waals surface area contributed by atoms with Gasteiger partial charge in [-0.1, -0.05) is 18.2 Å². The van der Waals surface area contributed by atoms with Crippen LogP contribution in [0.15, 0.2) is 35.6 Å². The topological polar surface area (TPSA) is 111 Å². The van der Waals surface area contributed by atoms with Crippen molar-refractivity contribution in [3.8, 4) is 11.4 Å². The van der Waals surface area contributed by atoms with Gasteiger partial charge >= 0.3 is 0 Å². The summed E-state index contributed by atoms with van der Waals surface area (Å²) in [5, 5.41) is 24.0. The predicted octanol–water partition coefficient (Wildman–Crippen LogP) is 0.610. The zero-order chi connectivity index (χ0) is 20.5. The first-order valence-corrected chi connectivity index (χ1v) is 10.0. The summed E-state index contributed by atoms with van der Waals surface area (Å²) >= 11 is 0. The number of morpholine rings is 1. The Bertz CT molecular complexity index is 771. The molecule has 1 aliphatic rings. The smallest absolute Gasteiger partial charge is 0.191 e. The lowest BCUT2D eigenvalue weighted by atomic mass is 10.1. The molecule has 1 aromatic heterocycles. The number of aliphatic imine (C=N–C) groups is 1. The quantitative estimate of drug-likeness (QED) is 0.379. The van der Waals surface area contributed by atoms with E-state index in [1.807, 2.05) is 38.1 Å². The van der Waals surface area contributed by atoms with E-state index < -0.39 is 5.60 Å². The number of ether oxygens (including phenoxy) is 1. The first-order chi connectivity index (χ1) is 14.1.